The van der Waals surface area contributed by atoms with E-state index in [-0.39, 0.29) is 0 Å². The Hall–Kier alpha value is -1.29. The lowest BCUT2D eigenvalue weighted by atomic mass is 10.1. The maximum absolute atomic E-state index is 5.55. The number of hydrogen-bond acceptors (Lipinski definition) is 4. The maximum Gasteiger partial charge on any atom is 0.217 e. The van der Waals surface area contributed by atoms with Gasteiger partial charge in [-0.05, 0) is 31.4 Å². The Balaban J connectivity index is 2.39. The summed E-state index contributed by atoms with van der Waals surface area (Å²) in [6, 6.07) is 2.05. The number of methoxy groups -OCH3 is 2. The minimum absolute atomic E-state index is 0.565. The number of hydrogen-bond donors (Lipinski definition) is 1. The Morgan fingerprint density at radius 1 is 1.38 bits per heavy atom. The highest BCUT2D eigenvalue weighted by atomic mass is 16.5. The molecule has 1 heterocycles. The highest BCUT2D eigenvalue weighted by Crippen LogP contribution is 2.45. The van der Waals surface area contributed by atoms with Gasteiger partial charge in [-0.25, -0.2) is 4.98 Å². The van der Waals surface area contributed by atoms with E-state index >= 15 is 0 Å². The first-order chi connectivity index (χ1) is 7.80. The van der Waals surface area contributed by atoms with E-state index in [1.165, 1.54) is 18.4 Å². The fourth-order valence-electron chi connectivity index (χ4n) is 1.87. The van der Waals surface area contributed by atoms with E-state index in [2.05, 4.69) is 11.1 Å². The Kier molecular flexibility index (Phi) is 3.29. The average Bonchev–Trinajstić information content (AvgIpc) is 3.13. The molecule has 0 bridgehead atoms. The third kappa shape index (κ3) is 2.11. The number of rotatable bonds is 5. The molecule has 0 unspecified atom stereocenters. The molecule has 2 rings (SSSR count). The van der Waals surface area contributed by atoms with Crippen LogP contribution in [0.2, 0.25) is 0 Å². The monoisotopic (exact) mass is 222 g/mol. The molecule has 16 heavy (non-hydrogen) atoms. The van der Waals surface area contributed by atoms with Crippen LogP contribution in [0.3, 0.4) is 0 Å². The van der Waals surface area contributed by atoms with Gasteiger partial charge in [0, 0.05) is 12.0 Å². The summed E-state index contributed by atoms with van der Waals surface area (Å²) in [6.07, 6.45) is 3.15. The summed E-state index contributed by atoms with van der Waals surface area (Å²) >= 11 is 0. The van der Waals surface area contributed by atoms with Crippen LogP contribution in [0.1, 0.15) is 30.0 Å². The van der Waals surface area contributed by atoms with E-state index in [9.17, 15) is 0 Å². The van der Waals surface area contributed by atoms with Crippen molar-refractivity contribution in [2.24, 2.45) is 5.73 Å². The normalized spacial score (nSPS) is 14.9. The Morgan fingerprint density at radius 2 is 2.12 bits per heavy atom. The SMILES string of the molecule is COc1cc(C2CC2)c(OC)nc1CCN. The van der Waals surface area contributed by atoms with Gasteiger partial charge in [0.05, 0.1) is 19.9 Å². The topological polar surface area (TPSA) is 57.4 Å². The Bertz CT molecular complexity index is 376. The lowest BCUT2D eigenvalue weighted by Crippen LogP contribution is -2.08. The van der Waals surface area contributed by atoms with Crippen LogP contribution >= 0.6 is 0 Å². The molecule has 0 aliphatic heterocycles. The molecule has 1 aromatic heterocycles. The first-order valence-corrected chi connectivity index (χ1v) is 5.62. The van der Waals surface area contributed by atoms with E-state index < -0.39 is 0 Å². The van der Waals surface area contributed by atoms with Crippen molar-refractivity contribution in [3.63, 3.8) is 0 Å². The third-order valence-corrected chi connectivity index (χ3v) is 2.87. The van der Waals surface area contributed by atoms with Gasteiger partial charge in [0.25, 0.3) is 0 Å². The van der Waals surface area contributed by atoms with Crippen LogP contribution in [0.5, 0.6) is 11.6 Å². The smallest absolute Gasteiger partial charge is 0.217 e. The van der Waals surface area contributed by atoms with Gasteiger partial charge in [0.1, 0.15) is 5.75 Å². The molecule has 0 saturated heterocycles. The third-order valence-electron chi connectivity index (χ3n) is 2.87. The zero-order valence-electron chi connectivity index (χ0n) is 9.82. The van der Waals surface area contributed by atoms with Crippen molar-refractivity contribution >= 4 is 0 Å². The van der Waals surface area contributed by atoms with Crippen molar-refractivity contribution in [2.75, 3.05) is 20.8 Å². The number of nitrogens with two attached hydrogens (primary N) is 1. The van der Waals surface area contributed by atoms with Gasteiger partial charge < -0.3 is 15.2 Å². The molecule has 0 aromatic carbocycles. The summed E-state index contributed by atoms with van der Waals surface area (Å²) in [7, 11) is 3.33. The van der Waals surface area contributed by atoms with E-state index in [1.807, 2.05) is 0 Å². The van der Waals surface area contributed by atoms with E-state index in [0.29, 0.717) is 18.9 Å². The molecule has 88 valence electrons. The average molecular weight is 222 g/mol. The fraction of sp³-hybridized carbons (Fsp3) is 0.583. The minimum Gasteiger partial charge on any atom is -0.495 e. The lowest BCUT2D eigenvalue weighted by molar-refractivity contribution is 0.377. The van der Waals surface area contributed by atoms with E-state index in [4.69, 9.17) is 15.2 Å². The summed E-state index contributed by atoms with van der Waals surface area (Å²) in [5.74, 6) is 2.16. The molecule has 0 radical (unpaired) electrons. The van der Waals surface area contributed by atoms with Crippen molar-refractivity contribution < 1.29 is 9.47 Å². The molecule has 2 N–H and O–H groups in total. The molecule has 0 atom stereocenters. The number of aromatic nitrogens is 1. The predicted molar refractivity (Wildman–Crippen MR) is 62.1 cm³/mol. The molecule has 1 aliphatic carbocycles. The molecule has 4 nitrogen and oxygen atoms in total. The van der Waals surface area contributed by atoms with Crippen LogP contribution < -0.4 is 15.2 Å². The van der Waals surface area contributed by atoms with Crippen molar-refractivity contribution in [3.8, 4) is 11.6 Å². The number of ether oxygens (including phenoxy) is 2. The van der Waals surface area contributed by atoms with E-state index in [1.54, 1.807) is 14.2 Å². The molecule has 1 fully saturated rings. The van der Waals surface area contributed by atoms with Crippen LogP contribution in [0.4, 0.5) is 0 Å². The van der Waals surface area contributed by atoms with Gasteiger partial charge in [-0.2, -0.15) is 0 Å². The summed E-state index contributed by atoms with van der Waals surface area (Å²) < 4.78 is 10.7. The Morgan fingerprint density at radius 3 is 2.62 bits per heavy atom. The van der Waals surface area contributed by atoms with Crippen LogP contribution in [0, 0.1) is 0 Å². The molecule has 0 amide bonds. The van der Waals surface area contributed by atoms with Crippen LogP contribution in [0.15, 0.2) is 6.07 Å². The van der Waals surface area contributed by atoms with Gasteiger partial charge in [-0.1, -0.05) is 0 Å². The van der Waals surface area contributed by atoms with Crippen molar-refractivity contribution in [2.45, 2.75) is 25.2 Å². The van der Waals surface area contributed by atoms with Crippen LogP contribution in [-0.2, 0) is 6.42 Å². The number of pyridine rings is 1. The number of nitrogens with zero attached hydrogens (tertiary/aromatic N) is 1. The first-order valence-electron chi connectivity index (χ1n) is 5.62. The maximum atomic E-state index is 5.55. The Labute approximate surface area is 95.8 Å². The highest BCUT2D eigenvalue weighted by molar-refractivity contribution is 5.42. The second-order valence-electron chi connectivity index (χ2n) is 4.05. The van der Waals surface area contributed by atoms with Crippen LogP contribution in [-0.4, -0.2) is 25.7 Å². The largest absolute Gasteiger partial charge is 0.495 e. The molecule has 0 spiro atoms. The predicted octanol–water partition coefficient (Wildman–Crippen LogP) is 1.48. The molecular formula is C12H18N2O2. The molecule has 1 saturated carbocycles. The first kappa shape index (κ1) is 11.2. The molecule has 1 aliphatic rings. The molecule has 4 heteroatoms. The van der Waals surface area contributed by atoms with Crippen molar-refractivity contribution in [3.05, 3.63) is 17.3 Å². The van der Waals surface area contributed by atoms with Gasteiger partial charge >= 0.3 is 0 Å². The fourth-order valence-corrected chi connectivity index (χ4v) is 1.87. The van der Waals surface area contributed by atoms with Gasteiger partial charge in [-0.3, -0.25) is 0 Å². The second kappa shape index (κ2) is 4.70. The van der Waals surface area contributed by atoms with Crippen molar-refractivity contribution in [1.82, 2.24) is 4.98 Å². The van der Waals surface area contributed by atoms with E-state index in [0.717, 1.165) is 17.3 Å². The molecular weight excluding hydrogens is 204 g/mol. The highest BCUT2D eigenvalue weighted by Gasteiger charge is 2.28. The second-order valence-corrected chi connectivity index (χ2v) is 4.05. The minimum atomic E-state index is 0.565. The quantitative estimate of drug-likeness (QED) is 0.819. The van der Waals surface area contributed by atoms with Gasteiger partial charge in [0.15, 0.2) is 0 Å². The summed E-state index contributed by atoms with van der Waals surface area (Å²) in [5.41, 5.74) is 7.60. The summed E-state index contributed by atoms with van der Waals surface area (Å²) in [5, 5.41) is 0. The van der Waals surface area contributed by atoms with Gasteiger partial charge in [-0.15, -0.1) is 0 Å². The summed E-state index contributed by atoms with van der Waals surface area (Å²) in [4.78, 5) is 4.49. The lowest BCUT2D eigenvalue weighted by Gasteiger charge is -2.12. The zero-order valence-corrected chi connectivity index (χ0v) is 9.82. The molecule has 1 aromatic rings. The van der Waals surface area contributed by atoms with Gasteiger partial charge in [0.2, 0.25) is 5.88 Å². The standard InChI is InChI=1S/C12H18N2O2/c1-15-11-7-9(8-3-4-8)12(16-2)14-10(11)5-6-13/h7-8H,3-6,13H2,1-2H3. The zero-order chi connectivity index (χ0) is 11.5. The van der Waals surface area contributed by atoms with Crippen LogP contribution in [0.25, 0.3) is 0 Å². The van der Waals surface area contributed by atoms with Crippen molar-refractivity contribution in [1.29, 1.82) is 0 Å². The summed E-state index contributed by atoms with van der Waals surface area (Å²) in [6.45, 7) is 0.565.